The lowest BCUT2D eigenvalue weighted by Gasteiger charge is -2.37. The van der Waals surface area contributed by atoms with Gasteiger partial charge in [-0.25, -0.2) is 9.97 Å². The fourth-order valence-electron chi connectivity index (χ4n) is 3.78. The Balaban J connectivity index is 1.39. The van der Waals surface area contributed by atoms with Crippen LogP contribution in [0.1, 0.15) is 24.5 Å². The van der Waals surface area contributed by atoms with Crippen molar-refractivity contribution >= 4 is 17.3 Å². The van der Waals surface area contributed by atoms with Crippen LogP contribution in [0.5, 0.6) is 0 Å². The van der Waals surface area contributed by atoms with E-state index in [1.165, 1.54) is 17.5 Å². The lowest BCUT2D eigenvalue weighted by molar-refractivity contribution is -0.0239. The van der Waals surface area contributed by atoms with E-state index in [9.17, 15) is 0 Å². The van der Waals surface area contributed by atoms with E-state index in [-0.39, 0.29) is 0 Å². The second-order valence-electron chi connectivity index (χ2n) is 7.02. The van der Waals surface area contributed by atoms with Crippen molar-refractivity contribution < 1.29 is 4.74 Å². The van der Waals surface area contributed by atoms with E-state index in [1.54, 1.807) is 11.3 Å². The summed E-state index contributed by atoms with van der Waals surface area (Å²) in [6.45, 7) is 7.99. The molecule has 0 amide bonds. The molecule has 2 aliphatic heterocycles. The van der Waals surface area contributed by atoms with Gasteiger partial charge in [0.15, 0.2) is 0 Å². The number of hydrogen-bond acceptors (Lipinski definition) is 6. The Morgan fingerprint density at radius 3 is 2.84 bits per heavy atom. The average Bonchev–Trinajstić information content (AvgIpc) is 3.06. The molecule has 5 nitrogen and oxygen atoms in total. The number of fused-ring (bicyclic) bond motifs is 1. The largest absolute Gasteiger partial charge is 0.375 e. The lowest BCUT2D eigenvalue weighted by atomic mass is 9.93. The smallest absolute Gasteiger partial charge is 0.225 e. The average molecular weight is 359 g/mol. The molecule has 2 fully saturated rings. The van der Waals surface area contributed by atoms with E-state index in [2.05, 4.69) is 43.5 Å². The number of aromatic nitrogens is 2. The molecule has 0 aliphatic carbocycles. The normalized spacial score (nSPS) is 24.8. The van der Waals surface area contributed by atoms with Crippen molar-refractivity contribution in [3.05, 3.63) is 40.3 Å². The minimum Gasteiger partial charge on any atom is -0.375 e. The van der Waals surface area contributed by atoms with Gasteiger partial charge in [-0.2, -0.15) is 11.3 Å². The topological polar surface area (TPSA) is 41.5 Å². The predicted molar refractivity (Wildman–Crippen MR) is 101 cm³/mol. The first-order chi connectivity index (χ1) is 12.3. The molecule has 25 heavy (non-hydrogen) atoms. The third-order valence-electron chi connectivity index (χ3n) is 5.30. The highest BCUT2D eigenvalue weighted by molar-refractivity contribution is 7.07. The van der Waals surface area contributed by atoms with Crippen LogP contribution >= 0.6 is 11.3 Å². The fourth-order valence-corrected chi connectivity index (χ4v) is 4.44. The summed E-state index contributed by atoms with van der Waals surface area (Å²) in [6.07, 6.45) is 6.39. The third-order valence-corrected chi connectivity index (χ3v) is 6.03. The molecule has 4 heterocycles. The summed E-state index contributed by atoms with van der Waals surface area (Å²) in [4.78, 5) is 14.0. The van der Waals surface area contributed by atoms with E-state index in [0.717, 1.165) is 51.7 Å². The van der Waals surface area contributed by atoms with Gasteiger partial charge < -0.3 is 9.64 Å². The van der Waals surface area contributed by atoms with Crippen molar-refractivity contribution in [2.45, 2.75) is 32.4 Å². The standard InChI is InChI=1S/C19H26N4OS/c1-2-15-9-20-19(21-10-15)23-6-7-24-18-13-22(5-3-17(18)12-23)11-16-4-8-25-14-16/h4,8-10,14,17-18H,2-3,5-7,11-13H2,1H3/t17-,18-/m1/s1. The Morgan fingerprint density at radius 2 is 2.08 bits per heavy atom. The number of likely N-dealkylation sites (tertiary alicyclic amines) is 1. The second kappa shape index (κ2) is 7.81. The van der Waals surface area contributed by atoms with Gasteiger partial charge >= 0.3 is 0 Å². The second-order valence-corrected chi connectivity index (χ2v) is 7.80. The highest BCUT2D eigenvalue weighted by atomic mass is 32.1. The zero-order chi connectivity index (χ0) is 17.1. The molecule has 2 aromatic heterocycles. The van der Waals surface area contributed by atoms with Crippen molar-refractivity contribution in [2.24, 2.45) is 5.92 Å². The highest BCUT2D eigenvalue weighted by Gasteiger charge is 2.34. The number of nitrogens with zero attached hydrogens (tertiary/aromatic N) is 4. The maximum Gasteiger partial charge on any atom is 0.225 e. The molecule has 2 aromatic rings. The first kappa shape index (κ1) is 16.9. The van der Waals surface area contributed by atoms with Gasteiger partial charge in [0.1, 0.15) is 0 Å². The van der Waals surface area contributed by atoms with E-state index >= 15 is 0 Å². The molecule has 2 atom stereocenters. The van der Waals surface area contributed by atoms with Crippen molar-refractivity contribution in [3.63, 3.8) is 0 Å². The van der Waals surface area contributed by atoms with Crippen LogP contribution in [0.15, 0.2) is 29.2 Å². The third kappa shape index (κ3) is 4.02. The van der Waals surface area contributed by atoms with Gasteiger partial charge in [0.25, 0.3) is 0 Å². The predicted octanol–water partition coefficient (Wildman–Crippen LogP) is 2.83. The summed E-state index contributed by atoms with van der Waals surface area (Å²) in [6, 6.07) is 2.23. The van der Waals surface area contributed by atoms with Crippen molar-refractivity contribution in [1.29, 1.82) is 0 Å². The minimum atomic E-state index is 0.326. The van der Waals surface area contributed by atoms with Crippen molar-refractivity contribution in [3.8, 4) is 0 Å². The molecular formula is C19H26N4OS. The van der Waals surface area contributed by atoms with E-state index in [0.29, 0.717) is 12.0 Å². The summed E-state index contributed by atoms with van der Waals surface area (Å²) >= 11 is 1.78. The molecule has 0 spiro atoms. The molecule has 0 radical (unpaired) electrons. The van der Waals surface area contributed by atoms with E-state index in [1.807, 2.05) is 12.4 Å². The minimum absolute atomic E-state index is 0.326. The fraction of sp³-hybridized carbons (Fsp3) is 0.579. The van der Waals surface area contributed by atoms with Gasteiger partial charge in [-0.1, -0.05) is 6.92 Å². The Kier molecular flexibility index (Phi) is 5.29. The van der Waals surface area contributed by atoms with Gasteiger partial charge in [0, 0.05) is 44.5 Å². The number of aryl methyl sites for hydroxylation is 1. The Hall–Kier alpha value is -1.50. The zero-order valence-corrected chi connectivity index (χ0v) is 15.6. The zero-order valence-electron chi connectivity index (χ0n) is 14.8. The summed E-state index contributed by atoms with van der Waals surface area (Å²) < 4.78 is 6.22. The number of hydrogen-bond donors (Lipinski definition) is 0. The molecule has 0 unspecified atom stereocenters. The molecule has 2 saturated heterocycles. The molecule has 0 bridgehead atoms. The van der Waals surface area contributed by atoms with Crippen LogP contribution < -0.4 is 4.90 Å². The number of anilines is 1. The maximum atomic E-state index is 6.22. The van der Waals surface area contributed by atoms with Crippen LogP contribution in [0.3, 0.4) is 0 Å². The first-order valence-electron chi connectivity index (χ1n) is 9.22. The van der Waals surface area contributed by atoms with Gasteiger partial charge in [-0.05, 0) is 47.3 Å². The summed E-state index contributed by atoms with van der Waals surface area (Å²) in [7, 11) is 0. The highest BCUT2D eigenvalue weighted by Crippen LogP contribution is 2.26. The number of rotatable bonds is 4. The molecule has 4 rings (SSSR count). The number of thiophene rings is 1. The Bertz CT molecular complexity index is 661. The van der Waals surface area contributed by atoms with E-state index in [4.69, 9.17) is 4.74 Å². The first-order valence-corrected chi connectivity index (χ1v) is 10.2. The molecular weight excluding hydrogens is 332 g/mol. The van der Waals surface area contributed by atoms with Gasteiger partial charge in [0.05, 0.1) is 12.7 Å². The number of piperidine rings is 1. The monoisotopic (exact) mass is 358 g/mol. The molecule has 0 saturated carbocycles. The van der Waals surface area contributed by atoms with E-state index < -0.39 is 0 Å². The lowest BCUT2D eigenvalue weighted by Crippen LogP contribution is -2.46. The van der Waals surface area contributed by atoms with Gasteiger partial charge in [-0.3, -0.25) is 4.90 Å². The Labute approximate surface area is 153 Å². The summed E-state index contributed by atoms with van der Waals surface area (Å²) in [5.41, 5.74) is 2.61. The molecule has 2 aliphatic rings. The van der Waals surface area contributed by atoms with Crippen LogP contribution in [0.2, 0.25) is 0 Å². The van der Waals surface area contributed by atoms with Crippen LogP contribution in [-0.4, -0.2) is 53.8 Å². The summed E-state index contributed by atoms with van der Waals surface area (Å²) in [5.74, 6) is 1.41. The number of ether oxygens (including phenoxy) is 1. The quantitative estimate of drug-likeness (QED) is 0.841. The van der Waals surface area contributed by atoms with Crippen LogP contribution in [0.25, 0.3) is 0 Å². The maximum absolute atomic E-state index is 6.22. The van der Waals surface area contributed by atoms with Crippen molar-refractivity contribution in [1.82, 2.24) is 14.9 Å². The van der Waals surface area contributed by atoms with Crippen LogP contribution in [0, 0.1) is 5.92 Å². The molecule has 0 aromatic carbocycles. The SMILES string of the molecule is CCc1cnc(N2CCO[C@@H]3CN(Cc4ccsc4)CC[C@@H]3C2)nc1. The van der Waals surface area contributed by atoms with Crippen molar-refractivity contribution in [2.75, 3.05) is 37.7 Å². The van der Waals surface area contributed by atoms with Gasteiger partial charge in [-0.15, -0.1) is 0 Å². The van der Waals surface area contributed by atoms with Gasteiger partial charge in [0.2, 0.25) is 5.95 Å². The molecule has 0 N–H and O–H groups in total. The van der Waals surface area contributed by atoms with Crippen LogP contribution in [-0.2, 0) is 17.7 Å². The molecule has 134 valence electrons. The molecule has 6 heteroatoms. The Morgan fingerprint density at radius 1 is 1.20 bits per heavy atom. The van der Waals surface area contributed by atoms with Crippen LogP contribution in [0.4, 0.5) is 5.95 Å². The summed E-state index contributed by atoms with van der Waals surface area (Å²) in [5, 5.41) is 4.41.